The summed E-state index contributed by atoms with van der Waals surface area (Å²) in [6.45, 7) is 1.98. The van der Waals surface area contributed by atoms with E-state index in [0.29, 0.717) is 36.7 Å². The Morgan fingerprint density at radius 3 is 2.92 bits per heavy atom. The van der Waals surface area contributed by atoms with Crippen molar-refractivity contribution in [1.29, 1.82) is 0 Å². The standard InChI is InChI=1S/C20H25N3O2/c24-20(23-16-9-10-17(23)13-21-12-11-16)8-4-7-19-22-14-18(25-19)15-5-2-1-3-6-15/h1-3,5-6,14,16-17,21H,4,7-13H2. The van der Waals surface area contributed by atoms with E-state index in [1.54, 1.807) is 6.20 Å². The summed E-state index contributed by atoms with van der Waals surface area (Å²) in [5.41, 5.74) is 1.03. The van der Waals surface area contributed by atoms with Crippen molar-refractivity contribution >= 4 is 5.91 Å². The number of hydrogen-bond acceptors (Lipinski definition) is 4. The molecule has 0 spiro atoms. The number of nitrogens with zero attached hydrogens (tertiary/aromatic N) is 2. The number of carbonyl (C=O) groups excluding carboxylic acids is 1. The van der Waals surface area contributed by atoms with Gasteiger partial charge in [0, 0.05) is 37.0 Å². The fraction of sp³-hybridized carbons (Fsp3) is 0.500. The minimum atomic E-state index is 0.297. The summed E-state index contributed by atoms with van der Waals surface area (Å²) >= 11 is 0. The molecule has 0 aliphatic carbocycles. The van der Waals surface area contributed by atoms with E-state index in [0.717, 1.165) is 50.1 Å². The minimum Gasteiger partial charge on any atom is -0.441 e. The summed E-state index contributed by atoms with van der Waals surface area (Å²) in [6, 6.07) is 10.8. The Balaban J connectivity index is 1.31. The number of benzene rings is 1. The molecule has 2 bridgehead atoms. The summed E-state index contributed by atoms with van der Waals surface area (Å²) in [7, 11) is 0. The number of amides is 1. The van der Waals surface area contributed by atoms with Gasteiger partial charge in [-0.25, -0.2) is 4.98 Å². The second-order valence-electron chi connectivity index (χ2n) is 7.02. The van der Waals surface area contributed by atoms with Gasteiger partial charge in [0.1, 0.15) is 0 Å². The van der Waals surface area contributed by atoms with Crippen LogP contribution >= 0.6 is 0 Å². The molecule has 2 aliphatic rings. The van der Waals surface area contributed by atoms with Crippen molar-refractivity contribution in [2.75, 3.05) is 13.1 Å². The second-order valence-corrected chi connectivity index (χ2v) is 7.02. The number of hydrogen-bond donors (Lipinski definition) is 1. The van der Waals surface area contributed by atoms with Crippen LogP contribution in [-0.4, -0.2) is 41.0 Å². The quantitative estimate of drug-likeness (QED) is 0.910. The molecular weight excluding hydrogens is 314 g/mol. The first kappa shape index (κ1) is 16.3. The van der Waals surface area contributed by atoms with Crippen LogP contribution in [0.15, 0.2) is 40.9 Å². The Bertz CT molecular complexity index is 699. The summed E-state index contributed by atoms with van der Waals surface area (Å²) < 4.78 is 5.83. The van der Waals surface area contributed by atoms with E-state index in [1.807, 2.05) is 30.3 Å². The van der Waals surface area contributed by atoms with Gasteiger partial charge < -0.3 is 14.6 Å². The maximum Gasteiger partial charge on any atom is 0.223 e. The Labute approximate surface area is 148 Å². The van der Waals surface area contributed by atoms with E-state index in [9.17, 15) is 4.79 Å². The summed E-state index contributed by atoms with van der Waals surface area (Å²) in [4.78, 5) is 19.2. The highest BCUT2D eigenvalue weighted by Gasteiger charge is 2.37. The molecule has 2 atom stereocenters. The zero-order chi connectivity index (χ0) is 17.1. The molecule has 132 valence electrons. The molecular formula is C20H25N3O2. The number of oxazole rings is 1. The van der Waals surface area contributed by atoms with Crippen molar-refractivity contribution in [3.8, 4) is 11.3 Å². The normalized spacial score (nSPS) is 22.8. The third-order valence-electron chi connectivity index (χ3n) is 5.34. The SMILES string of the molecule is O=C(CCCc1ncc(-c2ccccc2)o1)N1C2CCNCC1CC2. The topological polar surface area (TPSA) is 58.4 Å². The molecule has 2 aliphatic heterocycles. The summed E-state index contributed by atoms with van der Waals surface area (Å²) in [5, 5.41) is 3.44. The Hall–Kier alpha value is -2.14. The molecule has 1 aromatic carbocycles. The van der Waals surface area contributed by atoms with Crippen LogP contribution in [0.25, 0.3) is 11.3 Å². The van der Waals surface area contributed by atoms with Crippen LogP contribution in [0.1, 0.15) is 38.0 Å². The van der Waals surface area contributed by atoms with E-state index in [1.165, 1.54) is 0 Å². The minimum absolute atomic E-state index is 0.297. The maximum atomic E-state index is 12.7. The zero-order valence-electron chi connectivity index (χ0n) is 14.5. The van der Waals surface area contributed by atoms with E-state index < -0.39 is 0 Å². The average molecular weight is 339 g/mol. The first-order valence-corrected chi connectivity index (χ1v) is 9.33. The van der Waals surface area contributed by atoms with Gasteiger partial charge in [-0.3, -0.25) is 4.79 Å². The smallest absolute Gasteiger partial charge is 0.223 e. The second kappa shape index (κ2) is 7.40. The average Bonchev–Trinajstić information content (AvgIpc) is 3.19. The third-order valence-corrected chi connectivity index (χ3v) is 5.34. The molecule has 5 nitrogen and oxygen atoms in total. The largest absolute Gasteiger partial charge is 0.441 e. The number of carbonyl (C=O) groups is 1. The van der Waals surface area contributed by atoms with E-state index in [2.05, 4.69) is 15.2 Å². The molecule has 5 heteroatoms. The monoisotopic (exact) mass is 339 g/mol. The molecule has 2 aromatic rings. The van der Waals surface area contributed by atoms with Gasteiger partial charge in [0.2, 0.25) is 5.91 Å². The number of aromatic nitrogens is 1. The number of aryl methyl sites for hydroxylation is 1. The first-order chi connectivity index (χ1) is 12.3. The molecule has 2 unspecified atom stereocenters. The van der Waals surface area contributed by atoms with Crippen molar-refractivity contribution in [3.05, 3.63) is 42.4 Å². The van der Waals surface area contributed by atoms with Gasteiger partial charge in [-0.1, -0.05) is 30.3 Å². The van der Waals surface area contributed by atoms with Crippen LogP contribution in [0.3, 0.4) is 0 Å². The number of rotatable bonds is 5. The number of fused-ring (bicyclic) bond motifs is 2. The molecule has 2 fully saturated rings. The van der Waals surface area contributed by atoms with Crippen LogP contribution < -0.4 is 5.32 Å². The fourth-order valence-electron chi connectivity index (χ4n) is 4.07. The van der Waals surface area contributed by atoms with Crippen molar-refractivity contribution in [3.63, 3.8) is 0 Å². The number of nitrogens with one attached hydrogen (secondary N) is 1. The zero-order valence-corrected chi connectivity index (χ0v) is 14.5. The molecule has 4 rings (SSSR count). The van der Waals surface area contributed by atoms with Gasteiger partial charge in [-0.2, -0.15) is 0 Å². The van der Waals surface area contributed by atoms with Gasteiger partial charge in [-0.05, 0) is 32.2 Å². The lowest BCUT2D eigenvalue weighted by Gasteiger charge is -2.27. The fourth-order valence-corrected chi connectivity index (χ4v) is 4.07. The van der Waals surface area contributed by atoms with Crippen molar-refractivity contribution in [2.24, 2.45) is 0 Å². The van der Waals surface area contributed by atoms with E-state index in [-0.39, 0.29) is 0 Å². The van der Waals surface area contributed by atoms with Crippen LogP contribution in [0.5, 0.6) is 0 Å². The Morgan fingerprint density at radius 1 is 1.20 bits per heavy atom. The van der Waals surface area contributed by atoms with Gasteiger partial charge in [0.05, 0.1) is 6.20 Å². The highest BCUT2D eigenvalue weighted by atomic mass is 16.4. The molecule has 0 saturated carbocycles. The van der Waals surface area contributed by atoms with E-state index >= 15 is 0 Å². The maximum absolute atomic E-state index is 12.7. The molecule has 1 N–H and O–H groups in total. The van der Waals surface area contributed by atoms with E-state index in [4.69, 9.17) is 4.42 Å². The predicted molar refractivity (Wildman–Crippen MR) is 96.0 cm³/mol. The predicted octanol–water partition coefficient (Wildman–Crippen LogP) is 3.02. The lowest BCUT2D eigenvalue weighted by atomic mass is 10.1. The van der Waals surface area contributed by atoms with Gasteiger partial charge in [0.15, 0.2) is 11.7 Å². The summed E-state index contributed by atoms with van der Waals surface area (Å²) in [5.74, 6) is 1.80. The summed E-state index contributed by atoms with van der Waals surface area (Å²) in [6.07, 6.45) is 7.24. The van der Waals surface area contributed by atoms with Crippen LogP contribution in [-0.2, 0) is 11.2 Å². The first-order valence-electron chi connectivity index (χ1n) is 9.33. The molecule has 0 radical (unpaired) electrons. The van der Waals surface area contributed by atoms with Crippen molar-refractivity contribution in [1.82, 2.24) is 15.2 Å². The molecule has 25 heavy (non-hydrogen) atoms. The Morgan fingerprint density at radius 2 is 2.04 bits per heavy atom. The van der Waals surface area contributed by atoms with Crippen molar-refractivity contribution < 1.29 is 9.21 Å². The lowest BCUT2D eigenvalue weighted by molar-refractivity contribution is -0.133. The van der Waals surface area contributed by atoms with Crippen LogP contribution in [0, 0.1) is 0 Å². The van der Waals surface area contributed by atoms with Crippen LogP contribution in [0.2, 0.25) is 0 Å². The Kier molecular flexibility index (Phi) is 4.83. The molecule has 1 aromatic heterocycles. The van der Waals surface area contributed by atoms with Gasteiger partial charge >= 0.3 is 0 Å². The van der Waals surface area contributed by atoms with Crippen molar-refractivity contribution in [2.45, 2.75) is 50.6 Å². The third kappa shape index (κ3) is 3.61. The lowest BCUT2D eigenvalue weighted by Crippen LogP contribution is -2.42. The molecule has 3 heterocycles. The van der Waals surface area contributed by atoms with Crippen LogP contribution in [0.4, 0.5) is 0 Å². The highest BCUT2D eigenvalue weighted by Crippen LogP contribution is 2.29. The highest BCUT2D eigenvalue weighted by molar-refractivity contribution is 5.77. The molecule has 2 saturated heterocycles. The van der Waals surface area contributed by atoms with Gasteiger partial charge in [-0.15, -0.1) is 0 Å². The molecule has 1 amide bonds. The van der Waals surface area contributed by atoms with Gasteiger partial charge in [0.25, 0.3) is 0 Å².